The Hall–Kier alpha value is 2.70. The van der Waals surface area contributed by atoms with Crippen molar-refractivity contribution in [2.75, 3.05) is 0 Å². The molecule has 2 N–H and O–H groups in total. The SMILES string of the molecule is [Ca+2].[F-].[F-].[Na+].[Nb+5].[O-2].[O-2].[OH-].[OH-]. The minimum absolute atomic E-state index is 0. The molecule has 48 valence electrons. The Morgan fingerprint density at radius 1 is 0.667 bits per heavy atom. The largest absolute Gasteiger partial charge is 5.00 e. The zero-order chi connectivity index (χ0) is 0. The van der Waals surface area contributed by atoms with E-state index in [1.165, 1.54) is 0 Å². The summed E-state index contributed by atoms with van der Waals surface area (Å²) in [6.07, 6.45) is 0. The maximum absolute atomic E-state index is 0. The topological polar surface area (TPSA) is 117 Å². The van der Waals surface area contributed by atoms with Gasteiger partial charge in [0.2, 0.25) is 0 Å². The molecular weight excluding hydrogens is 258 g/mol. The zero-order valence-corrected chi connectivity index (χ0v) is 11.0. The number of halogens is 2. The molecule has 0 aromatic carbocycles. The molecule has 9 heteroatoms. The molecule has 0 atom stereocenters. The van der Waals surface area contributed by atoms with Crippen LogP contribution in [0.4, 0.5) is 0 Å². The molecule has 4 nitrogen and oxygen atoms in total. The Bertz CT molecular complexity index is 18.5. The first kappa shape index (κ1) is 184. The summed E-state index contributed by atoms with van der Waals surface area (Å²) in [6.45, 7) is 0. The predicted octanol–water partition coefficient (Wildman–Crippen LogP) is -9.96. The molecule has 0 unspecified atom stereocenters. The van der Waals surface area contributed by atoms with E-state index in [1.54, 1.807) is 0 Å². The molecule has 0 radical (unpaired) electrons. The van der Waals surface area contributed by atoms with Crippen LogP contribution in [0.1, 0.15) is 0 Å². The minimum Gasteiger partial charge on any atom is -2.00 e. The van der Waals surface area contributed by atoms with Crippen LogP contribution >= 0.6 is 0 Å². The van der Waals surface area contributed by atoms with Gasteiger partial charge in [-0.15, -0.1) is 0 Å². The fourth-order valence-electron chi connectivity index (χ4n) is 0. The van der Waals surface area contributed by atoms with Crippen molar-refractivity contribution in [3.63, 3.8) is 0 Å². The normalized spacial score (nSPS) is 0. The van der Waals surface area contributed by atoms with Gasteiger partial charge < -0.3 is 31.3 Å². The van der Waals surface area contributed by atoms with Crippen molar-refractivity contribution in [1.29, 1.82) is 0 Å². The third kappa shape index (κ3) is 111. The van der Waals surface area contributed by atoms with Crippen molar-refractivity contribution in [2.24, 2.45) is 0 Å². The number of hydrogen-bond donors (Lipinski definition) is 0. The van der Waals surface area contributed by atoms with Gasteiger partial charge in [0.05, 0.1) is 0 Å². The summed E-state index contributed by atoms with van der Waals surface area (Å²) in [6, 6.07) is 0. The van der Waals surface area contributed by atoms with E-state index in [0.717, 1.165) is 0 Å². The van der Waals surface area contributed by atoms with Gasteiger partial charge in [0.1, 0.15) is 0 Å². The molecule has 0 heterocycles. The molecule has 0 aromatic rings. The van der Waals surface area contributed by atoms with Gasteiger partial charge in [0, 0.05) is 0 Å². The molecule has 0 amide bonds. The molecule has 0 aliphatic rings. The number of hydrogen-bond acceptors (Lipinski definition) is 2. The second-order valence-corrected chi connectivity index (χ2v) is 0. The van der Waals surface area contributed by atoms with E-state index in [4.69, 9.17) is 0 Å². The molecule has 0 aliphatic heterocycles. The Balaban J connectivity index is 0. The molecule has 0 saturated heterocycles. The molecule has 0 spiro atoms. The molecule has 9 heavy (non-hydrogen) atoms. The Labute approximate surface area is 119 Å². The molecule has 0 saturated carbocycles. The second kappa shape index (κ2) is 138. The van der Waals surface area contributed by atoms with Crippen LogP contribution in [0.5, 0.6) is 0 Å². The molecular formula is H2CaF2NaNbO4. The predicted molar refractivity (Wildman–Crippen MR) is 11.0 cm³/mol. The van der Waals surface area contributed by atoms with Gasteiger partial charge in [0.15, 0.2) is 0 Å². The van der Waals surface area contributed by atoms with Crippen LogP contribution in [-0.2, 0) is 33.3 Å². The van der Waals surface area contributed by atoms with Crippen molar-refractivity contribution < 1.29 is 83.3 Å². The number of rotatable bonds is 0. The van der Waals surface area contributed by atoms with Crippen molar-refractivity contribution in [2.45, 2.75) is 0 Å². The molecule has 0 aliphatic carbocycles. The van der Waals surface area contributed by atoms with E-state index in [9.17, 15) is 0 Å². The molecule has 0 rings (SSSR count). The van der Waals surface area contributed by atoms with E-state index in [1.807, 2.05) is 0 Å². The molecule has 0 fully saturated rings. The van der Waals surface area contributed by atoms with Gasteiger partial charge in [-0.25, -0.2) is 0 Å². The summed E-state index contributed by atoms with van der Waals surface area (Å²) in [7, 11) is 0. The van der Waals surface area contributed by atoms with Crippen LogP contribution in [0, 0.1) is 0 Å². The van der Waals surface area contributed by atoms with Gasteiger partial charge >= 0.3 is 89.7 Å². The summed E-state index contributed by atoms with van der Waals surface area (Å²) >= 11 is 0. The standard InChI is InChI=1S/Ca.2FH.Na.Nb.2H2O.2O/h;2*1H;;;2*1H2;;/q+2;;;+1;+5;;;2*-2/p-4. The van der Waals surface area contributed by atoms with Crippen molar-refractivity contribution >= 4 is 37.7 Å². The Morgan fingerprint density at radius 2 is 0.667 bits per heavy atom. The third-order valence-electron chi connectivity index (χ3n) is 0. The summed E-state index contributed by atoms with van der Waals surface area (Å²) in [5, 5.41) is 0. The van der Waals surface area contributed by atoms with Crippen LogP contribution in [0.2, 0.25) is 0 Å². The van der Waals surface area contributed by atoms with Crippen molar-refractivity contribution in [1.82, 2.24) is 0 Å². The summed E-state index contributed by atoms with van der Waals surface area (Å²) in [5.74, 6) is 0. The van der Waals surface area contributed by atoms with Crippen LogP contribution < -0.4 is 39.0 Å². The Kier molecular flexibility index (Phi) is 2820. The first-order valence-corrected chi connectivity index (χ1v) is 0. The monoisotopic (exact) mass is 260 g/mol. The average Bonchev–Trinajstić information content (AvgIpc) is 0. The summed E-state index contributed by atoms with van der Waals surface area (Å²) < 4.78 is 0. The first-order valence-electron chi connectivity index (χ1n) is 0. The van der Waals surface area contributed by atoms with E-state index >= 15 is 0 Å². The molecule has 0 bridgehead atoms. The summed E-state index contributed by atoms with van der Waals surface area (Å²) in [4.78, 5) is 0. The van der Waals surface area contributed by atoms with Crippen molar-refractivity contribution in [3.8, 4) is 0 Å². The van der Waals surface area contributed by atoms with E-state index in [0.29, 0.717) is 0 Å². The second-order valence-electron chi connectivity index (χ2n) is 0. The van der Waals surface area contributed by atoms with Crippen LogP contribution in [0.25, 0.3) is 0 Å². The first-order chi connectivity index (χ1) is 0. The van der Waals surface area contributed by atoms with E-state index in [-0.39, 0.29) is 121 Å². The quantitative estimate of drug-likeness (QED) is 0.402. The fourth-order valence-corrected chi connectivity index (χ4v) is 0. The average molecular weight is 260 g/mol. The summed E-state index contributed by atoms with van der Waals surface area (Å²) in [5.41, 5.74) is 0. The van der Waals surface area contributed by atoms with Crippen LogP contribution in [-0.4, -0.2) is 48.7 Å². The smallest absolute Gasteiger partial charge is 2.00 e. The van der Waals surface area contributed by atoms with Gasteiger partial charge in [-0.05, 0) is 0 Å². The van der Waals surface area contributed by atoms with Crippen LogP contribution in [0.3, 0.4) is 0 Å². The van der Waals surface area contributed by atoms with E-state index in [2.05, 4.69) is 0 Å². The minimum atomic E-state index is 0. The van der Waals surface area contributed by atoms with Crippen molar-refractivity contribution in [3.05, 3.63) is 0 Å². The van der Waals surface area contributed by atoms with E-state index < -0.39 is 0 Å². The van der Waals surface area contributed by atoms with Gasteiger partial charge in [-0.1, -0.05) is 0 Å². The maximum Gasteiger partial charge on any atom is 5.00 e. The fraction of sp³-hybridized carbons (Fsp3) is 0. The van der Waals surface area contributed by atoms with Gasteiger partial charge in [0.25, 0.3) is 0 Å². The maximum atomic E-state index is 0. The van der Waals surface area contributed by atoms with Gasteiger partial charge in [-0.3, -0.25) is 0 Å². The zero-order valence-electron chi connectivity index (χ0n) is 4.62. The molecule has 0 aromatic heterocycles. The van der Waals surface area contributed by atoms with Gasteiger partial charge in [-0.2, -0.15) is 0 Å². The third-order valence-corrected chi connectivity index (χ3v) is 0. The van der Waals surface area contributed by atoms with Crippen LogP contribution in [0.15, 0.2) is 0 Å². The Morgan fingerprint density at radius 3 is 0.667 bits per heavy atom.